The minimum atomic E-state index is -1.10. The summed E-state index contributed by atoms with van der Waals surface area (Å²) in [6.45, 7) is 6.76. The number of amides is 1. The van der Waals surface area contributed by atoms with Crippen LogP contribution in [0, 0.1) is 23.7 Å². The number of rotatable bonds is 5. The minimum absolute atomic E-state index is 0.00581. The molecule has 1 aromatic rings. The van der Waals surface area contributed by atoms with Gasteiger partial charge in [0.05, 0.1) is 17.6 Å². The number of aliphatic carboxylic acids is 1. The molecule has 29 heavy (non-hydrogen) atoms. The number of hydrogen-bond acceptors (Lipinski definition) is 4. The molecule has 0 radical (unpaired) electrons. The van der Waals surface area contributed by atoms with Crippen LogP contribution in [-0.2, 0) is 14.3 Å². The average Bonchev–Trinajstić information content (AvgIpc) is 3.29. The van der Waals surface area contributed by atoms with Crippen LogP contribution >= 0.6 is 0 Å². The summed E-state index contributed by atoms with van der Waals surface area (Å²) >= 11 is 0. The first-order chi connectivity index (χ1) is 13.8. The van der Waals surface area contributed by atoms with E-state index in [1.165, 1.54) is 0 Å². The molecule has 0 unspecified atom stereocenters. The van der Waals surface area contributed by atoms with Gasteiger partial charge in [0.25, 0.3) is 0 Å². The number of carbonyl (C=O) groups is 2. The van der Waals surface area contributed by atoms with Gasteiger partial charge in [-0.2, -0.15) is 0 Å². The summed E-state index contributed by atoms with van der Waals surface area (Å²) in [5, 5.41) is 11.9. The first kappa shape index (κ1) is 20.1. The number of carbonyl (C=O) groups excluding carboxylic acids is 2. The van der Waals surface area contributed by atoms with E-state index in [0.717, 1.165) is 24.8 Å². The number of fused-ring (bicyclic) bond motifs is 2. The van der Waals surface area contributed by atoms with E-state index in [9.17, 15) is 14.7 Å². The van der Waals surface area contributed by atoms with E-state index in [0.29, 0.717) is 6.61 Å². The molecule has 2 fully saturated rings. The summed E-state index contributed by atoms with van der Waals surface area (Å²) in [4.78, 5) is 27.8. The predicted molar refractivity (Wildman–Crippen MR) is 107 cm³/mol. The van der Waals surface area contributed by atoms with Crippen molar-refractivity contribution in [2.45, 2.75) is 57.7 Å². The molecule has 1 aromatic carbocycles. The Balaban J connectivity index is 1.69. The molecular weight excluding hydrogens is 366 g/mol. The van der Waals surface area contributed by atoms with Crippen LogP contribution in [0.2, 0.25) is 0 Å². The number of carboxylic acid groups (broad SMARTS) is 1. The van der Waals surface area contributed by atoms with Gasteiger partial charge in [0.1, 0.15) is 0 Å². The smallest absolute Gasteiger partial charge is 0.227 e. The molecule has 1 amide bonds. The van der Waals surface area contributed by atoms with E-state index in [1.807, 2.05) is 54.3 Å². The molecule has 1 saturated heterocycles. The standard InChI is InChI=1S/C24H31NO4/c1-15(16-7-5-4-6-8-16)25(19-11-12-29-24(2,3)14-19)22(26)20-17-9-10-18(13-17)21(20)23(27)28/h4-10,15,17-21H,11-14H2,1-3H3,(H,27,28)/p-1/t15-,17+,18-,19-,20-,21+/m1/s1. The van der Waals surface area contributed by atoms with Gasteiger partial charge in [-0.1, -0.05) is 42.5 Å². The van der Waals surface area contributed by atoms with Gasteiger partial charge in [0.2, 0.25) is 5.91 Å². The predicted octanol–water partition coefficient (Wildman–Crippen LogP) is 2.72. The van der Waals surface area contributed by atoms with E-state index in [4.69, 9.17) is 4.74 Å². The lowest BCUT2D eigenvalue weighted by molar-refractivity contribution is -0.313. The molecule has 5 heteroatoms. The Labute approximate surface area is 172 Å². The Kier molecular flexibility index (Phi) is 5.28. The average molecular weight is 397 g/mol. The molecule has 3 aliphatic rings. The summed E-state index contributed by atoms with van der Waals surface area (Å²) in [5.41, 5.74) is 0.758. The van der Waals surface area contributed by atoms with Crippen LogP contribution in [-0.4, -0.2) is 35.0 Å². The quantitative estimate of drug-likeness (QED) is 0.718. The van der Waals surface area contributed by atoms with Crippen LogP contribution in [0.1, 0.15) is 51.6 Å². The molecule has 4 rings (SSSR count). The summed E-state index contributed by atoms with van der Waals surface area (Å²) in [6, 6.07) is 9.88. The Morgan fingerprint density at radius 1 is 1.14 bits per heavy atom. The van der Waals surface area contributed by atoms with E-state index < -0.39 is 17.8 Å². The third kappa shape index (κ3) is 3.73. The van der Waals surface area contributed by atoms with Gasteiger partial charge in [0, 0.05) is 24.5 Å². The van der Waals surface area contributed by atoms with Crippen LogP contribution in [0.15, 0.2) is 42.5 Å². The molecule has 0 aromatic heterocycles. The second kappa shape index (κ2) is 7.60. The highest BCUT2D eigenvalue weighted by Gasteiger charge is 2.51. The topological polar surface area (TPSA) is 69.7 Å². The molecule has 6 atom stereocenters. The van der Waals surface area contributed by atoms with Gasteiger partial charge in [-0.15, -0.1) is 0 Å². The first-order valence-electron chi connectivity index (χ1n) is 10.7. The van der Waals surface area contributed by atoms with Gasteiger partial charge >= 0.3 is 0 Å². The molecular formula is C24H30NO4-. The van der Waals surface area contributed by atoms with Crippen molar-refractivity contribution in [3.8, 4) is 0 Å². The van der Waals surface area contributed by atoms with Gasteiger partial charge in [-0.25, -0.2) is 0 Å². The van der Waals surface area contributed by atoms with E-state index in [1.54, 1.807) is 0 Å². The monoisotopic (exact) mass is 396 g/mol. The fourth-order valence-corrected chi connectivity index (χ4v) is 5.67. The van der Waals surface area contributed by atoms with Crippen molar-refractivity contribution in [2.75, 3.05) is 6.61 Å². The van der Waals surface area contributed by atoms with Crippen LogP contribution in [0.3, 0.4) is 0 Å². The second-order valence-electron chi connectivity index (χ2n) is 9.41. The molecule has 1 heterocycles. The summed E-state index contributed by atoms with van der Waals surface area (Å²) in [6.07, 6.45) is 6.23. The zero-order valence-electron chi connectivity index (χ0n) is 17.4. The second-order valence-corrected chi connectivity index (χ2v) is 9.41. The highest BCUT2D eigenvalue weighted by Crippen LogP contribution is 2.49. The van der Waals surface area contributed by atoms with Crippen LogP contribution in [0.25, 0.3) is 0 Å². The van der Waals surface area contributed by atoms with E-state index in [2.05, 4.69) is 13.8 Å². The molecule has 2 bridgehead atoms. The summed E-state index contributed by atoms with van der Waals surface area (Å²) < 4.78 is 5.89. The number of allylic oxidation sites excluding steroid dienone is 2. The van der Waals surface area contributed by atoms with Gasteiger partial charge in [0.15, 0.2) is 0 Å². The van der Waals surface area contributed by atoms with Crippen molar-refractivity contribution in [1.82, 2.24) is 4.90 Å². The maximum Gasteiger partial charge on any atom is 0.227 e. The maximum absolute atomic E-state index is 13.9. The van der Waals surface area contributed by atoms with Crippen LogP contribution in [0.5, 0.6) is 0 Å². The number of carboxylic acids is 1. The molecule has 5 nitrogen and oxygen atoms in total. The highest BCUT2D eigenvalue weighted by atomic mass is 16.5. The van der Waals surface area contributed by atoms with Crippen molar-refractivity contribution >= 4 is 11.9 Å². The van der Waals surface area contributed by atoms with Crippen molar-refractivity contribution < 1.29 is 19.4 Å². The fourth-order valence-electron chi connectivity index (χ4n) is 5.67. The normalized spacial score (nSPS) is 33.4. The van der Waals surface area contributed by atoms with Gasteiger partial charge in [-0.3, -0.25) is 4.79 Å². The third-order valence-corrected chi connectivity index (χ3v) is 7.03. The lowest BCUT2D eigenvalue weighted by Crippen LogP contribution is -2.53. The lowest BCUT2D eigenvalue weighted by Gasteiger charge is -2.46. The van der Waals surface area contributed by atoms with E-state index in [-0.39, 0.29) is 35.4 Å². The van der Waals surface area contributed by atoms with Gasteiger partial charge in [-0.05, 0) is 57.4 Å². The van der Waals surface area contributed by atoms with Gasteiger partial charge < -0.3 is 19.5 Å². The number of nitrogens with zero attached hydrogens (tertiary/aromatic N) is 1. The lowest BCUT2D eigenvalue weighted by atomic mass is 9.80. The van der Waals surface area contributed by atoms with Crippen LogP contribution in [0.4, 0.5) is 0 Å². The minimum Gasteiger partial charge on any atom is -0.550 e. The molecule has 0 spiro atoms. The fraction of sp³-hybridized carbons (Fsp3) is 0.583. The molecule has 1 aliphatic heterocycles. The molecule has 0 N–H and O–H groups in total. The number of hydrogen-bond donors (Lipinski definition) is 0. The van der Waals surface area contributed by atoms with Crippen molar-refractivity contribution in [2.24, 2.45) is 23.7 Å². The highest BCUT2D eigenvalue weighted by molar-refractivity contribution is 5.87. The molecule has 2 aliphatic carbocycles. The Bertz CT molecular complexity index is 802. The zero-order valence-corrected chi connectivity index (χ0v) is 17.4. The van der Waals surface area contributed by atoms with Crippen LogP contribution < -0.4 is 5.11 Å². The maximum atomic E-state index is 13.9. The number of ether oxygens (including phenoxy) is 1. The van der Waals surface area contributed by atoms with E-state index >= 15 is 0 Å². The zero-order chi connectivity index (χ0) is 20.8. The Morgan fingerprint density at radius 2 is 1.79 bits per heavy atom. The van der Waals surface area contributed by atoms with Crippen molar-refractivity contribution in [1.29, 1.82) is 0 Å². The van der Waals surface area contributed by atoms with Crippen molar-refractivity contribution in [3.63, 3.8) is 0 Å². The molecule has 156 valence electrons. The number of benzene rings is 1. The van der Waals surface area contributed by atoms with Crippen molar-refractivity contribution in [3.05, 3.63) is 48.0 Å². The summed E-state index contributed by atoms with van der Waals surface area (Å²) in [5.74, 6) is -2.49. The Hall–Kier alpha value is -2.14. The Morgan fingerprint density at radius 3 is 2.41 bits per heavy atom. The third-order valence-electron chi connectivity index (χ3n) is 7.03. The molecule has 1 saturated carbocycles. The first-order valence-corrected chi connectivity index (χ1v) is 10.7. The largest absolute Gasteiger partial charge is 0.550 e. The SMILES string of the molecule is C[C@H](c1ccccc1)N(C(=O)[C@H]1[C@@H](C(=O)[O-])[C@@H]2C=C[C@H]1C2)[C@@H]1CCOC(C)(C)C1. The summed E-state index contributed by atoms with van der Waals surface area (Å²) in [7, 11) is 0.